The van der Waals surface area contributed by atoms with Gasteiger partial charge in [0, 0.05) is 36.4 Å². The zero-order valence-electron chi connectivity index (χ0n) is 10.4. The maximum absolute atomic E-state index is 12.1. The highest BCUT2D eigenvalue weighted by molar-refractivity contribution is 6.05. The van der Waals surface area contributed by atoms with E-state index in [1.54, 1.807) is 24.5 Å². The summed E-state index contributed by atoms with van der Waals surface area (Å²) in [5.41, 5.74) is 3.35. The molecule has 2 N–H and O–H groups in total. The number of amides is 1. The fraction of sp³-hybridized carbons (Fsp3) is 0.143. The van der Waals surface area contributed by atoms with Crippen molar-refractivity contribution >= 4 is 17.3 Å². The van der Waals surface area contributed by atoms with E-state index in [2.05, 4.69) is 15.6 Å². The van der Waals surface area contributed by atoms with Crippen LogP contribution in [0.3, 0.4) is 0 Å². The van der Waals surface area contributed by atoms with Crippen molar-refractivity contribution in [1.29, 1.82) is 0 Å². The first kappa shape index (κ1) is 12.1. The summed E-state index contributed by atoms with van der Waals surface area (Å²) < 4.78 is 0. The summed E-state index contributed by atoms with van der Waals surface area (Å²) in [5, 5.41) is 5.88. The summed E-state index contributed by atoms with van der Waals surface area (Å²) in [6.07, 6.45) is 3.29. The van der Waals surface area contributed by atoms with E-state index in [1.165, 1.54) is 0 Å². The van der Waals surface area contributed by atoms with Crippen molar-refractivity contribution in [1.82, 2.24) is 4.98 Å². The number of hydrogen-bond acceptors (Lipinski definition) is 3. The molecule has 1 aromatic heterocycles. The van der Waals surface area contributed by atoms with Gasteiger partial charge in [0.05, 0.1) is 0 Å². The molecule has 0 aliphatic heterocycles. The largest absolute Gasteiger partial charge is 0.388 e. The topological polar surface area (TPSA) is 54.0 Å². The highest BCUT2D eigenvalue weighted by Gasteiger charge is 2.09. The number of rotatable bonds is 3. The molecule has 0 fully saturated rings. The van der Waals surface area contributed by atoms with Crippen LogP contribution >= 0.6 is 0 Å². The van der Waals surface area contributed by atoms with Gasteiger partial charge in [-0.1, -0.05) is 0 Å². The van der Waals surface area contributed by atoms with Crippen molar-refractivity contribution in [3.63, 3.8) is 0 Å². The Labute approximate surface area is 106 Å². The maximum Gasteiger partial charge on any atom is 0.255 e. The second kappa shape index (κ2) is 5.31. The molecule has 1 aromatic carbocycles. The van der Waals surface area contributed by atoms with Crippen molar-refractivity contribution < 1.29 is 4.79 Å². The molecule has 0 atom stereocenters. The third-order valence-electron chi connectivity index (χ3n) is 2.70. The van der Waals surface area contributed by atoms with E-state index >= 15 is 0 Å². The van der Waals surface area contributed by atoms with Gasteiger partial charge < -0.3 is 10.6 Å². The molecule has 0 unspecified atom stereocenters. The summed E-state index contributed by atoms with van der Waals surface area (Å²) in [4.78, 5) is 16.0. The van der Waals surface area contributed by atoms with Gasteiger partial charge in [0.1, 0.15) is 0 Å². The molecule has 1 heterocycles. The molecule has 2 rings (SSSR count). The van der Waals surface area contributed by atoms with E-state index in [4.69, 9.17) is 0 Å². The van der Waals surface area contributed by atoms with Gasteiger partial charge in [-0.25, -0.2) is 0 Å². The Bertz CT molecular complexity index is 552. The Balaban J connectivity index is 2.19. The molecule has 0 spiro atoms. The first-order valence-electron chi connectivity index (χ1n) is 5.70. The molecule has 92 valence electrons. The number of nitrogens with one attached hydrogen (secondary N) is 2. The molecular weight excluding hydrogens is 226 g/mol. The summed E-state index contributed by atoms with van der Waals surface area (Å²) >= 11 is 0. The predicted molar refractivity (Wildman–Crippen MR) is 72.9 cm³/mol. The fourth-order valence-corrected chi connectivity index (χ4v) is 1.71. The first-order chi connectivity index (χ1) is 8.70. The van der Waals surface area contributed by atoms with Crippen molar-refractivity contribution in [2.45, 2.75) is 6.92 Å². The minimum Gasteiger partial charge on any atom is -0.388 e. The van der Waals surface area contributed by atoms with Crippen LogP contribution in [-0.2, 0) is 0 Å². The smallest absolute Gasteiger partial charge is 0.255 e. The van der Waals surface area contributed by atoms with Crippen LogP contribution in [-0.4, -0.2) is 17.9 Å². The molecule has 0 bridgehead atoms. The molecule has 4 nitrogen and oxygen atoms in total. The summed E-state index contributed by atoms with van der Waals surface area (Å²) in [7, 11) is 1.85. The lowest BCUT2D eigenvalue weighted by atomic mass is 10.1. The summed E-state index contributed by atoms with van der Waals surface area (Å²) in [6.45, 7) is 1.92. The number of nitrogens with zero attached hydrogens (tertiary/aromatic N) is 1. The Morgan fingerprint density at radius 3 is 2.44 bits per heavy atom. The summed E-state index contributed by atoms with van der Waals surface area (Å²) in [6, 6.07) is 9.16. The third kappa shape index (κ3) is 2.66. The SMILES string of the molecule is CNc1ccc(C(=O)Nc2ccncc2)c(C)c1. The van der Waals surface area contributed by atoms with Crippen LogP contribution in [0.4, 0.5) is 11.4 Å². The Morgan fingerprint density at radius 2 is 1.83 bits per heavy atom. The van der Waals surface area contributed by atoms with E-state index in [0.717, 1.165) is 16.9 Å². The van der Waals surface area contributed by atoms with Crippen LogP contribution in [0.1, 0.15) is 15.9 Å². The monoisotopic (exact) mass is 241 g/mol. The highest BCUT2D eigenvalue weighted by atomic mass is 16.1. The number of carbonyl (C=O) groups excluding carboxylic acids is 1. The lowest BCUT2D eigenvalue weighted by Gasteiger charge is -2.09. The lowest BCUT2D eigenvalue weighted by molar-refractivity contribution is 0.102. The van der Waals surface area contributed by atoms with E-state index in [1.807, 2.05) is 32.2 Å². The predicted octanol–water partition coefficient (Wildman–Crippen LogP) is 2.68. The number of carbonyl (C=O) groups is 1. The fourth-order valence-electron chi connectivity index (χ4n) is 1.71. The minimum absolute atomic E-state index is 0.110. The average molecular weight is 241 g/mol. The number of benzene rings is 1. The van der Waals surface area contributed by atoms with Gasteiger partial charge in [-0.3, -0.25) is 9.78 Å². The van der Waals surface area contributed by atoms with Crippen LogP contribution in [0.2, 0.25) is 0 Å². The number of hydrogen-bond donors (Lipinski definition) is 2. The molecule has 2 aromatic rings. The molecular formula is C14H15N3O. The van der Waals surface area contributed by atoms with Crippen molar-refractivity contribution in [3.8, 4) is 0 Å². The van der Waals surface area contributed by atoms with Gasteiger partial charge in [0.25, 0.3) is 5.91 Å². The van der Waals surface area contributed by atoms with Crippen LogP contribution in [0.15, 0.2) is 42.7 Å². The highest BCUT2D eigenvalue weighted by Crippen LogP contribution is 2.16. The van der Waals surface area contributed by atoms with E-state index < -0.39 is 0 Å². The zero-order valence-corrected chi connectivity index (χ0v) is 10.4. The second-order valence-corrected chi connectivity index (χ2v) is 3.97. The summed E-state index contributed by atoms with van der Waals surface area (Å²) in [5.74, 6) is -0.110. The molecule has 0 aliphatic carbocycles. The molecule has 0 radical (unpaired) electrons. The first-order valence-corrected chi connectivity index (χ1v) is 5.70. The molecule has 18 heavy (non-hydrogen) atoms. The van der Waals surface area contributed by atoms with Gasteiger partial charge in [0.15, 0.2) is 0 Å². The quantitative estimate of drug-likeness (QED) is 0.868. The molecule has 0 saturated heterocycles. The standard InChI is InChI=1S/C14H15N3O/c1-10-9-12(15-2)3-4-13(10)14(18)17-11-5-7-16-8-6-11/h3-9,15H,1-2H3,(H,16,17,18). The number of aromatic nitrogens is 1. The van der Waals surface area contributed by atoms with Crippen LogP contribution in [0.5, 0.6) is 0 Å². The Hall–Kier alpha value is -2.36. The molecule has 4 heteroatoms. The van der Waals surface area contributed by atoms with Crippen LogP contribution in [0.25, 0.3) is 0 Å². The van der Waals surface area contributed by atoms with Crippen molar-refractivity contribution in [3.05, 3.63) is 53.9 Å². The number of anilines is 2. The Morgan fingerprint density at radius 1 is 1.11 bits per heavy atom. The molecule has 1 amide bonds. The van der Waals surface area contributed by atoms with E-state index in [9.17, 15) is 4.79 Å². The zero-order chi connectivity index (χ0) is 13.0. The van der Waals surface area contributed by atoms with Gasteiger partial charge in [-0.2, -0.15) is 0 Å². The van der Waals surface area contributed by atoms with Crippen molar-refractivity contribution in [2.75, 3.05) is 17.7 Å². The average Bonchev–Trinajstić information content (AvgIpc) is 2.39. The van der Waals surface area contributed by atoms with Gasteiger partial charge in [-0.05, 0) is 42.8 Å². The third-order valence-corrected chi connectivity index (χ3v) is 2.70. The van der Waals surface area contributed by atoms with Gasteiger partial charge in [-0.15, -0.1) is 0 Å². The molecule has 0 saturated carbocycles. The minimum atomic E-state index is -0.110. The van der Waals surface area contributed by atoms with E-state index in [-0.39, 0.29) is 5.91 Å². The Kier molecular flexibility index (Phi) is 3.57. The maximum atomic E-state index is 12.1. The number of pyridine rings is 1. The van der Waals surface area contributed by atoms with Crippen LogP contribution in [0, 0.1) is 6.92 Å². The van der Waals surface area contributed by atoms with Gasteiger partial charge in [0.2, 0.25) is 0 Å². The lowest BCUT2D eigenvalue weighted by Crippen LogP contribution is -2.13. The van der Waals surface area contributed by atoms with Crippen LogP contribution < -0.4 is 10.6 Å². The molecule has 0 aliphatic rings. The second-order valence-electron chi connectivity index (χ2n) is 3.97. The van der Waals surface area contributed by atoms with Crippen molar-refractivity contribution in [2.24, 2.45) is 0 Å². The number of aryl methyl sites for hydroxylation is 1. The van der Waals surface area contributed by atoms with E-state index in [0.29, 0.717) is 5.56 Å². The van der Waals surface area contributed by atoms with Gasteiger partial charge >= 0.3 is 0 Å². The normalized spacial score (nSPS) is 9.89.